The van der Waals surface area contributed by atoms with Gasteiger partial charge in [0.05, 0.1) is 18.7 Å². The number of furan rings is 1. The molecule has 0 aliphatic carbocycles. The molecule has 2 N–H and O–H groups in total. The van der Waals surface area contributed by atoms with Crippen molar-refractivity contribution in [2.75, 3.05) is 11.9 Å². The van der Waals surface area contributed by atoms with Gasteiger partial charge in [-0.25, -0.2) is 0 Å². The molecule has 21 heavy (non-hydrogen) atoms. The normalized spacial score (nSPS) is 14.9. The van der Waals surface area contributed by atoms with Crippen molar-refractivity contribution in [3.05, 3.63) is 51.9 Å². The molecular formula is C16H17ClN2O2. The smallest absolute Gasteiger partial charge is 0.228 e. The van der Waals surface area contributed by atoms with Gasteiger partial charge in [-0.2, -0.15) is 0 Å². The van der Waals surface area contributed by atoms with Gasteiger partial charge in [-0.15, -0.1) is 0 Å². The maximum atomic E-state index is 11.5. The van der Waals surface area contributed by atoms with Gasteiger partial charge in [0.2, 0.25) is 5.91 Å². The SMILES string of the molecule is CCNC(c1cc2c(cc1Cl)NC(=O)C2)c1occc1C. The maximum Gasteiger partial charge on any atom is 0.228 e. The molecule has 1 atom stereocenters. The molecule has 0 fully saturated rings. The first-order chi connectivity index (χ1) is 10.1. The fourth-order valence-electron chi connectivity index (χ4n) is 2.72. The Morgan fingerprint density at radius 3 is 2.95 bits per heavy atom. The quantitative estimate of drug-likeness (QED) is 0.910. The summed E-state index contributed by atoms with van der Waals surface area (Å²) in [4.78, 5) is 11.5. The average molecular weight is 305 g/mol. The largest absolute Gasteiger partial charge is 0.467 e. The fourth-order valence-corrected chi connectivity index (χ4v) is 2.99. The monoisotopic (exact) mass is 304 g/mol. The maximum absolute atomic E-state index is 11.5. The highest BCUT2D eigenvalue weighted by Gasteiger charge is 2.25. The Labute approximate surface area is 128 Å². The lowest BCUT2D eigenvalue weighted by molar-refractivity contribution is -0.115. The first-order valence-corrected chi connectivity index (χ1v) is 7.37. The van der Waals surface area contributed by atoms with Gasteiger partial charge in [0, 0.05) is 10.7 Å². The second-order valence-electron chi connectivity index (χ2n) is 5.21. The van der Waals surface area contributed by atoms with Gasteiger partial charge < -0.3 is 15.1 Å². The van der Waals surface area contributed by atoms with E-state index in [9.17, 15) is 4.79 Å². The number of aryl methyl sites for hydroxylation is 1. The first-order valence-electron chi connectivity index (χ1n) is 6.99. The molecule has 0 saturated carbocycles. The number of nitrogens with one attached hydrogen (secondary N) is 2. The Bertz CT molecular complexity index is 694. The highest BCUT2D eigenvalue weighted by molar-refractivity contribution is 6.32. The van der Waals surface area contributed by atoms with Crippen LogP contribution in [-0.4, -0.2) is 12.5 Å². The van der Waals surface area contributed by atoms with Gasteiger partial charge >= 0.3 is 0 Å². The summed E-state index contributed by atoms with van der Waals surface area (Å²) in [5.74, 6) is 0.864. The van der Waals surface area contributed by atoms with Crippen LogP contribution in [0.4, 0.5) is 5.69 Å². The Hall–Kier alpha value is -1.78. The number of hydrogen-bond acceptors (Lipinski definition) is 3. The molecule has 1 amide bonds. The van der Waals surface area contributed by atoms with E-state index in [-0.39, 0.29) is 11.9 Å². The van der Waals surface area contributed by atoms with Crippen LogP contribution < -0.4 is 10.6 Å². The van der Waals surface area contributed by atoms with Crippen molar-refractivity contribution in [1.29, 1.82) is 0 Å². The molecule has 4 nitrogen and oxygen atoms in total. The van der Waals surface area contributed by atoms with Crippen molar-refractivity contribution in [2.24, 2.45) is 0 Å². The van der Waals surface area contributed by atoms with E-state index < -0.39 is 0 Å². The number of halogens is 1. The van der Waals surface area contributed by atoms with Crippen LogP contribution in [0.3, 0.4) is 0 Å². The second-order valence-corrected chi connectivity index (χ2v) is 5.62. The van der Waals surface area contributed by atoms with Crippen LogP contribution in [0, 0.1) is 6.92 Å². The summed E-state index contributed by atoms with van der Waals surface area (Å²) in [5.41, 5.74) is 3.80. The summed E-state index contributed by atoms with van der Waals surface area (Å²) < 4.78 is 5.63. The third-order valence-corrected chi connectivity index (χ3v) is 4.06. The Morgan fingerprint density at radius 1 is 1.48 bits per heavy atom. The molecule has 1 unspecified atom stereocenters. The van der Waals surface area contributed by atoms with E-state index in [1.807, 2.05) is 32.0 Å². The molecule has 2 aromatic rings. The molecule has 0 radical (unpaired) electrons. The van der Waals surface area contributed by atoms with Crippen LogP contribution in [0.15, 0.2) is 28.9 Å². The number of fused-ring (bicyclic) bond motifs is 1. The summed E-state index contributed by atoms with van der Waals surface area (Å²) in [5, 5.41) is 6.84. The van der Waals surface area contributed by atoms with Crippen LogP contribution >= 0.6 is 11.6 Å². The molecule has 0 spiro atoms. The number of carbonyl (C=O) groups excluding carboxylic acids is 1. The zero-order chi connectivity index (χ0) is 15.0. The van der Waals surface area contributed by atoms with E-state index in [2.05, 4.69) is 10.6 Å². The molecule has 1 aliphatic heterocycles. The molecule has 1 aliphatic rings. The summed E-state index contributed by atoms with van der Waals surface area (Å²) in [6.07, 6.45) is 2.08. The molecular weight excluding hydrogens is 288 g/mol. The number of amides is 1. The summed E-state index contributed by atoms with van der Waals surface area (Å²) >= 11 is 6.42. The van der Waals surface area contributed by atoms with Crippen molar-refractivity contribution >= 4 is 23.2 Å². The van der Waals surface area contributed by atoms with E-state index in [0.29, 0.717) is 11.4 Å². The minimum Gasteiger partial charge on any atom is -0.467 e. The van der Waals surface area contributed by atoms with Gasteiger partial charge in [-0.3, -0.25) is 4.79 Å². The van der Waals surface area contributed by atoms with Gasteiger partial charge in [-0.05, 0) is 48.4 Å². The van der Waals surface area contributed by atoms with Crippen LogP contribution in [0.1, 0.15) is 35.4 Å². The van der Waals surface area contributed by atoms with Crippen molar-refractivity contribution in [1.82, 2.24) is 5.32 Å². The number of hydrogen-bond donors (Lipinski definition) is 2. The van der Waals surface area contributed by atoms with E-state index in [1.165, 1.54) is 0 Å². The van der Waals surface area contributed by atoms with Gasteiger partial charge in [-0.1, -0.05) is 18.5 Å². The second kappa shape index (κ2) is 5.54. The minimum atomic E-state index is -0.112. The van der Waals surface area contributed by atoms with Crippen molar-refractivity contribution in [3.8, 4) is 0 Å². The van der Waals surface area contributed by atoms with Gasteiger partial charge in [0.15, 0.2) is 0 Å². The average Bonchev–Trinajstić information content (AvgIpc) is 3.00. The lowest BCUT2D eigenvalue weighted by Crippen LogP contribution is -2.22. The van der Waals surface area contributed by atoms with E-state index in [4.69, 9.17) is 16.0 Å². The molecule has 110 valence electrons. The number of anilines is 1. The molecule has 0 saturated heterocycles. The molecule has 1 aromatic carbocycles. The topological polar surface area (TPSA) is 54.3 Å². The Morgan fingerprint density at radius 2 is 2.29 bits per heavy atom. The van der Waals surface area contributed by atoms with Crippen molar-refractivity contribution < 1.29 is 9.21 Å². The number of rotatable bonds is 4. The molecule has 0 bridgehead atoms. The van der Waals surface area contributed by atoms with Gasteiger partial charge in [0.25, 0.3) is 0 Å². The number of benzene rings is 1. The third kappa shape index (κ3) is 2.57. The third-order valence-electron chi connectivity index (χ3n) is 3.73. The van der Waals surface area contributed by atoms with Crippen LogP contribution in [0.2, 0.25) is 5.02 Å². The predicted molar refractivity (Wildman–Crippen MR) is 82.8 cm³/mol. The van der Waals surface area contributed by atoms with Crippen LogP contribution in [0.5, 0.6) is 0 Å². The zero-order valence-electron chi connectivity index (χ0n) is 12.0. The summed E-state index contributed by atoms with van der Waals surface area (Å²) in [7, 11) is 0. The van der Waals surface area contributed by atoms with E-state index in [1.54, 1.807) is 6.26 Å². The molecule has 1 aromatic heterocycles. The summed E-state index contributed by atoms with van der Waals surface area (Å²) in [6, 6.07) is 5.63. The van der Waals surface area contributed by atoms with E-state index >= 15 is 0 Å². The zero-order valence-corrected chi connectivity index (χ0v) is 12.8. The molecule has 5 heteroatoms. The Kier molecular flexibility index (Phi) is 3.74. The Balaban J connectivity index is 2.07. The summed E-state index contributed by atoms with van der Waals surface area (Å²) in [6.45, 7) is 4.84. The highest BCUT2D eigenvalue weighted by Crippen LogP contribution is 2.36. The van der Waals surface area contributed by atoms with Crippen molar-refractivity contribution in [3.63, 3.8) is 0 Å². The van der Waals surface area contributed by atoms with Gasteiger partial charge in [0.1, 0.15) is 5.76 Å². The molecule has 3 rings (SSSR count). The van der Waals surface area contributed by atoms with Crippen LogP contribution in [0.25, 0.3) is 0 Å². The lowest BCUT2D eigenvalue weighted by atomic mass is 9.98. The number of carbonyl (C=O) groups is 1. The predicted octanol–water partition coefficient (Wildman–Crippen LogP) is 3.43. The lowest BCUT2D eigenvalue weighted by Gasteiger charge is -2.19. The fraction of sp³-hybridized carbons (Fsp3) is 0.312. The standard InChI is InChI=1S/C16H17ClN2O2/c1-3-18-15(16-9(2)4-5-21-16)11-6-10-7-14(20)19-13(10)8-12(11)17/h4-6,8,15,18H,3,7H2,1-2H3,(H,19,20). The van der Waals surface area contributed by atoms with Crippen molar-refractivity contribution in [2.45, 2.75) is 26.3 Å². The highest BCUT2D eigenvalue weighted by atomic mass is 35.5. The first kappa shape index (κ1) is 14.2. The van der Waals surface area contributed by atoms with E-state index in [0.717, 1.165) is 34.7 Å². The molecule has 2 heterocycles. The minimum absolute atomic E-state index is 0.00685. The van der Waals surface area contributed by atoms with Crippen LogP contribution in [-0.2, 0) is 11.2 Å².